The monoisotopic (exact) mass is 272 g/mol. The van der Waals surface area contributed by atoms with E-state index in [1.54, 1.807) is 36.4 Å². The van der Waals surface area contributed by atoms with Crippen LogP contribution in [0.1, 0.15) is 26.3 Å². The van der Waals surface area contributed by atoms with E-state index in [0.29, 0.717) is 5.02 Å². The molecular formula is C15H9ClO3. The Hall–Kier alpha value is -1.97. The summed E-state index contributed by atoms with van der Waals surface area (Å²) in [5, 5.41) is 11.0. The smallest absolute Gasteiger partial charge is 0.216 e. The topological polar surface area (TPSA) is 54.4 Å². The number of hydrogen-bond acceptors (Lipinski definition) is 3. The normalized spacial score (nSPS) is 16.5. The predicted molar refractivity (Wildman–Crippen MR) is 70.5 cm³/mol. The predicted octanol–water partition coefficient (Wildman–Crippen LogP) is 2.61. The Kier molecular flexibility index (Phi) is 2.55. The molecule has 2 aromatic carbocycles. The van der Waals surface area contributed by atoms with Crippen molar-refractivity contribution in [2.45, 2.75) is 5.60 Å². The van der Waals surface area contributed by atoms with Crippen LogP contribution in [0.25, 0.3) is 0 Å². The van der Waals surface area contributed by atoms with E-state index in [1.807, 2.05) is 0 Å². The molecule has 1 N–H and O–H groups in total. The molecule has 0 radical (unpaired) electrons. The van der Waals surface area contributed by atoms with Crippen LogP contribution < -0.4 is 0 Å². The van der Waals surface area contributed by atoms with E-state index in [4.69, 9.17) is 11.6 Å². The van der Waals surface area contributed by atoms with E-state index in [-0.39, 0.29) is 16.7 Å². The lowest BCUT2D eigenvalue weighted by Gasteiger charge is -2.19. The molecule has 0 unspecified atom stereocenters. The Labute approximate surface area is 114 Å². The van der Waals surface area contributed by atoms with Crippen molar-refractivity contribution < 1.29 is 14.7 Å². The lowest BCUT2D eigenvalue weighted by atomic mass is 9.89. The van der Waals surface area contributed by atoms with E-state index in [9.17, 15) is 14.7 Å². The van der Waals surface area contributed by atoms with Gasteiger partial charge in [0.2, 0.25) is 17.2 Å². The number of Topliss-reactive ketones (excluding diaryl/α,β-unsaturated/α-hetero) is 2. The van der Waals surface area contributed by atoms with Crippen molar-refractivity contribution >= 4 is 23.2 Å². The third-order valence-corrected chi connectivity index (χ3v) is 3.59. The number of carbonyl (C=O) groups excluding carboxylic acids is 2. The van der Waals surface area contributed by atoms with Crippen LogP contribution in [0.5, 0.6) is 0 Å². The van der Waals surface area contributed by atoms with E-state index in [2.05, 4.69) is 0 Å². The summed E-state index contributed by atoms with van der Waals surface area (Å²) in [5.74, 6) is -1.18. The number of fused-ring (bicyclic) bond motifs is 1. The molecule has 1 aliphatic rings. The van der Waals surface area contributed by atoms with Gasteiger partial charge >= 0.3 is 0 Å². The second kappa shape index (κ2) is 4.02. The van der Waals surface area contributed by atoms with Gasteiger partial charge in [0, 0.05) is 16.1 Å². The average Bonchev–Trinajstić information content (AvgIpc) is 2.63. The zero-order valence-electron chi connectivity index (χ0n) is 9.76. The highest BCUT2D eigenvalue weighted by molar-refractivity contribution is 6.32. The first-order valence-corrected chi connectivity index (χ1v) is 6.10. The summed E-state index contributed by atoms with van der Waals surface area (Å²) < 4.78 is 0. The summed E-state index contributed by atoms with van der Waals surface area (Å²) in [6.07, 6.45) is 0. The molecule has 0 fully saturated rings. The highest BCUT2D eigenvalue weighted by Crippen LogP contribution is 2.37. The molecule has 19 heavy (non-hydrogen) atoms. The first-order chi connectivity index (χ1) is 9.05. The van der Waals surface area contributed by atoms with Crippen LogP contribution in [0.2, 0.25) is 5.02 Å². The van der Waals surface area contributed by atoms with Crippen LogP contribution in [0.15, 0.2) is 48.5 Å². The molecule has 0 atom stereocenters. The zero-order valence-corrected chi connectivity index (χ0v) is 10.5. The van der Waals surface area contributed by atoms with Gasteiger partial charge < -0.3 is 5.11 Å². The van der Waals surface area contributed by atoms with Gasteiger partial charge in [-0.2, -0.15) is 0 Å². The molecule has 3 nitrogen and oxygen atoms in total. The van der Waals surface area contributed by atoms with Crippen LogP contribution in [0.4, 0.5) is 0 Å². The summed E-state index contributed by atoms with van der Waals surface area (Å²) in [5.41, 5.74) is -1.38. The minimum atomic E-state index is -2.13. The summed E-state index contributed by atoms with van der Waals surface area (Å²) in [6, 6.07) is 12.5. The summed E-state index contributed by atoms with van der Waals surface area (Å²) in [4.78, 5) is 24.6. The van der Waals surface area contributed by atoms with E-state index < -0.39 is 17.2 Å². The second-order valence-electron chi connectivity index (χ2n) is 4.42. The number of aliphatic hydroxyl groups is 1. The van der Waals surface area contributed by atoms with Crippen LogP contribution in [-0.4, -0.2) is 16.7 Å². The molecule has 4 heteroatoms. The molecule has 1 aliphatic carbocycles. The Morgan fingerprint density at radius 3 is 1.79 bits per heavy atom. The number of carbonyl (C=O) groups is 2. The van der Waals surface area contributed by atoms with Crippen molar-refractivity contribution in [2.24, 2.45) is 0 Å². The standard InChI is InChI=1S/C15H9ClO3/c16-10-7-5-9(6-8-10)15(19)13(17)11-3-1-2-4-12(11)14(15)18/h1-8,19H. The molecule has 0 heterocycles. The van der Waals surface area contributed by atoms with Gasteiger partial charge in [0.05, 0.1) is 0 Å². The number of rotatable bonds is 1. The van der Waals surface area contributed by atoms with Crippen LogP contribution in [0, 0.1) is 0 Å². The average molecular weight is 273 g/mol. The van der Waals surface area contributed by atoms with Gasteiger partial charge in [-0.05, 0) is 17.7 Å². The summed E-state index contributed by atoms with van der Waals surface area (Å²) in [6.45, 7) is 0. The minimum absolute atomic E-state index is 0.239. The largest absolute Gasteiger partial charge is 0.370 e. The van der Waals surface area contributed by atoms with Gasteiger partial charge in [0.25, 0.3) is 0 Å². The number of hydrogen-bond donors (Lipinski definition) is 1. The maximum atomic E-state index is 12.3. The quantitative estimate of drug-likeness (QED) is 0.812. The molecule has 0 aliphatic heterocycles. The fourth-order valence-electron chi connectivity index (χ4n) is 2.33. The fraction of sp³-hybridized carbons (Fsp3) is 0.0667. The van der Waals surface area contributed by atoms with Crippen LogP contribution >= 0.6 is 11.6 Å². The molecule has 94 valence electrons. The van der Waals surface area contributed by atoms with Gasteiger partial charge in [0.1, 0.15) is 0 Å². The number of benzene rings is 2. The van der Waals surface area contributed by atoms with Crippen molar-refractivity contribution in [3.8, 4) is 0 Å². The molecule has 0 aromatic heterocycles. The third-order valence-electron chi connectivity index (χ3n) is 3.34. The van der Waals surface area contributed by atoms with E-state index in [0.717, 1.165) is 0 Å². The summed E-state index contributed by atoms with van der Waals surface area (Å²) in [7, 11) is 0. The van der Waals surface area contributed by atoms with Gasteiger partial charge in [-0.25, -0.2) is 0 Å². The molecule has 0 spiro atoms. The third kappa shape index (κ3) is 1.56. The SMILES string of the molecule is O=C1c2ccccc2C(=O)C1(O)c1ccc(Cl)cc1. The highest BCUT2D eigenvalue weighted by atomic mass is 35.5. The second-order valence-corrected chi connectivity index (χ2v) is 4.86. The van der Waals surface area contributed by atoms with Crippen LogP contribution in [0.3, 0.4) is 0 Å². The van der Waals surface area contributed by atoms with E-state index in [1.165, 1.54) is 12.1 Å². The number of halogens is 1. The van der Waals surface area contributed by atoms with Gasteiger partial charge in [-0.15, -0.1) is 0 Å². The van der Waals surface area contributed by atoms with Crippen molar-refractivity contribution in [1.82, 2.24) is 0 Å². The Morgan fingerprint density at radius 1 is 0.842 bits per heavy atom. The number of ketones is 2. The molecule has 2 aromatic rings. The maximum absolute atomic E-state index is 12.3. The van der Waals surface area contributed by atoms with Crippen molar-refractivity contribution in [2.75, 3.05) is 0 Å². The lowest BCUT2D eigenvalue weighted by Crippen LogP contribution is -2.37. The first-order valence-electron chi connectivity index (χ1n) is 5.72. The van der Waals surface area contributed by atoms with E-state index >= 15 is 0 Å². The lowest BCUT2D eigenvalue weighted by molar-refractivity contribution is 0.0321. The Morgan fingerprint density at radius 2 is 1.32 bits per heavy atom. The van der Waals surface area contributed by atoms with Gasteiger partial charge in [0.15, 0.2) is 0 Å². The van der Waals surface area contributed by atoms with Gasteiger partial charge in [-0.1, -0.05) is 48.0 Å². The molecule has 0 amide bonds. The Bertz CT molecular complexity index is 654. The fourth-order valence-corrected chi connectivity index (χ4v) is 2.45. The van der Waals surface area contributed by atoms with Crippen molar-refractivity contribution in [3.05, 3.63) is 70.2 Å². The molecule has 0 saturated heterocycles. The molecular weight excluding hydrogens is 264 g/mol. The van der Waals surface area contributed by atoms with Crippen LogP contribution in [-0.2, 0) is 5.60 Å². The molecule has 3 rings (SSSR count). The maximum Gasteiger partial charge on any atom is 0.216 e. The first kappa shape index (κ1) is 12.1. The minimum Gasteiger partial charge on any atom is -0.370 e. The highest BCUT2D eigenvalue weighted by Gasteiger charge is 2.52. The van der Waals surface area contributed by atoms with Gasteiger partial charge in [-0.3, -0.25) is 9.59 Å². The van der Waals surface area contributed by atoms with Crippen molar-refractivity contribution in [3.63, 3.8) is 0 Å². The zero-order chi connectivity index (χ0) is 13.6. The molecule has 0 saturated carbocycles. The molecule has 0 bridgehead atoms. The Balaban J connectivity index is 2.19. The summed E-state index contributed by atoms with van der Waals surface area (Å²) >= 11 is 5.77. The van der Waals surface area contributed by atoms with Crippen molar-refractivity contribution in [1.29, 1.82) is 0 Å².